The van der Waals surface area contributed by atoms with E-state index in [9.17, 15) is 14.3 Å². The smallest absolute Gasteiger partial charge is 0.306 e. The molecule has 4 heteroatoms. The van der Waals surface area contributed by atoms with Crippen LogP contribution in [0, 0.1) is 23.1 Å². The molecule has 2 unspecified atom stereocenters. The van der Waals surface area contributed by atoms with Crippen LogP contribution in [0.4, 0.5) is 4.39 Å². The Hall–Kier alpha value is -0.900. The largest absolute Gasteiger partial charge is 0.481 e. The Kier molecular flexibility index (Phi) is 4.52. The molecular formula is C16H20BrFO2. The zero-order chi connectivity index (χ0) is 14.9. The molecule has 0 amide bonds. The van der Waals surface area contributed by atoms with Crippen molar-refractivity contribution in [1.29, 1.82) is 0 Å². The molecule has 1 fully saturated rings. The highest BCUT2D eigenvalue weighted by atomic mass is 79.9. The van der Waals surface area contributed by atoms with Gasteiger partial charge in [-0.3, -0.25) is 4.79 Å². The molecule has 0 aliphatic heterocycles. The molecule has 1 aliphatic rings. The van der Waals surface area contributed by atoms with Crippen molar-refractivity contribution >= 4 is 21.9 Å². The quantitative estimate of drug-likeness (QED) is 0.867. The van der Waals surface area contributed by atoms with Crippen molar-refractivity contribution in [2.24, 2.45) is 17.3 Å². The van der Waals surface area contributed by atoms with Crippen LogP contribution < -0.4 is 0 Å². The van der Waals surface area contributed by atoms with E-state index >= 15 is 0 Å². The molecular weight excluding hydrogens is 323 g/mol. The zero-order valence-electron chi connectivity index (χ0n) is 11.8. The molecule has 1 aliphatic carbocycles. The van der Waals surface area contributed by atoms with E-state index in [-0.39, 0.29) is 23.1 Å². The monoisotopic (exact) mass is 342 g/mol. The third-order valence-corrected chi connectivity index (χ3v) is 4.82. The molecule has 1 aromatic rings. The summed E-state index contributed by atoms with van der Waals surface area (Å²) in [7, 11) is 0. The van der Waals surface area contributed by atoms with Gasteiger partial charge in [0.05, 0.1) is 5.92 Å². The number of hydrogen-bond donors (Lipinski definition) is 1. The number of halogens is 2. The minimum absolute atomic E-state index is 0.0000463. The van der Waals surface area contributed by atoms with Crippen molar-refractivity contribution in [2.75, 3.05) is 0 Å². The Labute approximate surface area is 127 Å². The Morgan fingerprint density at radius 1 is 1.50 bits per heavy atom. The molecule has 0 saturated heterocycles. The van der Waals surface area contributed by atoms with E-state index in [2.05, 4.69) is 29.8 Å². The van der Waals surface area contributed by atoms with Crippen molar-refractivity contribution in [3.63, 3.8) is 0 Å². The van der Waals surface area contributed by atoms with Gasteiger partial charge in [-0.15, -0.1) is 0 Å². The molecule has 1 saturated carbocycles. The van der Waals surface area contributed by atoms with Crippen molar-refractivity contribution in [2.45, 2.75) is 39.5 Å². The molecule has 0 spiro atoms. The maximum atomic E-state index is 13.9. The van der Waals surface area contributed by atoms with Crippen LogP contribution in [-0.4, -0.2) is 11.1 Å². The third-order valence-electron chi connectivity index (χ3n) is 4.32. The molecule has 20 heavy (non-hydrogen) atoms. The lowest BCUT2D eigenvalue weighted by atomic mass is 9.65. The van der Waals surface area contributed by atoms with Crippen molar-refractivity contribution in [3.8, 4) is 0 Å². The van der Waals surface area contributed by atoms with Gasteiger partial charge in [-0.05, 0) is 60.8 Å². The van der Waals surface area contributed by atoms with Crippen LogP contribution in [0.15, 0.2) is 22.7 Å². The highest BCUT2D eigenvalue weighted by Gasteiger charge is 2.38. The fourth-order valence-electron chi connectivity index (χ4n) is 3.26. The fourth-order valence-corrected chi connectivity index (χ4v) is 3.67. The van der Waals surface area contributed by atoms with Gasteiger partial charge in [0.1, 0.15) is 5.82 Å². The van der Waals surface area contributed by atoms with E-state index in [0.29, 0.717) is 18.4 Å². The molecule has 2 nitrogen and oxygen atoms in total. The van der Waals surface area contributed by atoms with Gasteiger partial charge in [-0.1, -0.05) is 29.8 Å². The molecule has 1 N–H and O–H groups in total. The number of benzene rings is 1. The number of carbonyl (C=O) groups is 1. The molecule has 1 aromatic carbocycles. The maximum Gasteiger partial charge on any atom is 0.306 e. The second-order valence-electron chi connectivity index (χ2n) is 6.55. The second-order valence-corrected chi connectivity index (χ2v) is 7.47. The predicted octanol–water partition coefficient (Wildman–Crippen LogP) is 4.66. The third kappa shape index (κ3) is 3.60. The molecule has 0 bridgehead atoms. The van der Waals surface area contributed by atoms with Gasteiger partial charge in [0, 0.05) is 4.47 Å². The SMILES string of the molecule is CC1(C)CCC(C(=O)O)C(Cc2cc(Br)ccc2F)C1. The summed E-state index contributed by atoms with van der Waals surface area (Å²) in [6.07, 6.45) is 2.92. The highest BCUT2D eigenvalue weighted by Crippen LogP contribution is 2.43. The lowest BCUT2D eigenvalue weighted by molar-refractivity contribution is -0.146. The van der Waals surface area contributed by atoms with Crippen LogP contribution >= 0.6 is 15.9 Å². The van der Waals surface area contributed by atoms with E-state index in [1.165, 1.54) is 6.07 Å². The van der Waals surface area contributed by atoms with Gasteiger partial charge in [-0.2, -0.15) is 0 Å². The number of carboxylic acids is 1. The molecule has 0 aromatic heterocycles. The topological polar surface area (TPSA) is 37.3 Å². The Bertz CT molecular complexity index is 513. The highest BCUT2D eigenvalue weighted by molar-refractivity contribution is 9.10. The Morgan fingerprint density at radius 2 is 2.20 bits per heavy atom. The molecule has 2 rings (SSSR count). The van der Waals surface area contributed by atoms with Crippen LogP contribution in [0.3, 0.4) is 0 Å². The van der Waals surface area contributed by atoms with Crippen LogP contribution in [-0.2, 0) is 11.2 Å². The summed E-state index contributed by atoms with van der Waals surface area (Å²) in [6.45, 7) is 4.32. The molecule has 2 atom stereocenters. The van der Waals surface area contributed by atoms with E-state index < -0.39 is 5.97 Å². The summed E-state index contributed by atoms with van der Waals surface area (Å²) in [5.41, 5.74) is 0.743. The van der Waals surface area contributed by atoms with E-state index in [1.54, 1.807) is 12.1 Å². The first-order valence-corrected chi connectivity index (χ1v) is 7.74. The van der Waals surface area contributed by atoms with Crippen molar-refractivity contribution < 1.29 is 14.3 Å². The fraction of sp³-hybridized carbons (Fsp3) is 0.562. The van der Waals surface area contributed by atoms with Crippen molar-refractivity contribution in [3.05, 3.63) is 34.1 Å². The van der Waals surface area contributed by atoms with Gasteiger partial charge < -0.3 is 5.11 Å². The van der Waals surface area contributed by atoms with Crippen LogP contribution in [0.1, 0.15) is 38.7 Å². The van der Waals surface area contributed by atoms with Gasteiger partial charge in [-0.25, -0.2) is 4.39 Å². The summed E-state index contributed by atoms with van der Waals surface area (Å²) >= 11 is 3.34. The minimum atomic E-state index is -0.749. The lowest BCUT2D eigenvalue weighted by Gasteiger charge is -2.39. The number of rotatable bonds is 3. The first-order valence-electron chi connectivity index (χ1n) is 6.95. The predicted molar refractivity (Wildman–Crippen MR) is 80.1 cm³/mol. The van der Waals surface area contributed by atoms with E-state index in [4.69, 9.17) is 0 Å². The van der Waals surface area contributed by atoms with Crippen molar-refractivity contribution in [1.82, 2.24) is 0 Å². The Balaban J connectivity index is 2.23. The Morgan fingerprint density at radius 3 is 2.85 bits per heavy atom. The van der Waals surface area contributed by atoms with Gasteiger partial charge >= 0.3 is 5.97 Å². The van der Waals surface area contributed by atoms with Gasteiger partial charge in [0.15, 0.2) is 0 Å². The first-order chi connectivity index (χ1) is 9.28. The van der Waals surface area contributed by atoms with Gasteiger partial charge in [0.25, 0.3) is 0 Å². The summed E-state index contributed by atoms with van der Waals surface area (Å²) < 4.78 is 14.7. The van der Waals surface area contributed by atoms with Gasteiger partial charge in [0.2, 0.25) is 0 Å². The first kappa shape index (κ1) is 15.5. The second kappa shape index (κ2) is 5.84. The molecule has 110 valence electrons. The minimum Gasteiger partial charge on any atom is -0.481 e. The van der Waals surface area contributed by atoms with E-state index in [0.717, 1.165) is 17.3 Å². The summed E-state index contributed by atoms with van der Waals surface area (Å²) in [4.78, 5) is 11.4. The molecule has 0 radical (unpaired) electrons. The standard InChI is InChI=1S/C16H20BrFO2/c1-16(2)6-5-13(15(19)20)11(9-16)7-10-8-12(17)3-4-14(10)18/h3-4,8,11,13H,5-7,9H2,1-2H3,(H,19,20). The van der Waals surface area contributed by atoms with Crippen LogP contribution in [0.2, 0.25) is 0 Å². The van der Waals surface area contributed by atoms with Crippen LogP contribution in [0.25, 0.3) is 0 Å². The number of carboxylic acid groups (broad SMARTS) is 1. The normalized spacial score (nSPS) is 25.4. The van der Waals surface area contributed by atoms with Crippen LogP contribution in [0.5, 0.6) is 0 Å². The number of aliphatic carboxylic acids is 1. The summed E-state index contributed by atoms with van der Waals surface area (Å²) in [5.74, 6) is -1.36. The average Bonchev–Trinajstić information content (AvgIpc) is 2.32. The average molecular weight is 343 g/mol. The number of hydrogen-bond acceptors (Lipinski definition) is 1. The van der Waals surface area contributed by atoms with E-state index in [1.807, 2.05) is 0 Å². The lowest BCUT2D eigenvalue weighted by Crippen LogP contribution is -2.35. The maximum absolute atomic E-state index is 13.9. The summed E-state index contributed by atoms with van der Waals surface area (Å²) in [6, 6.07) is 4.86. The summed E-state index contributed by atoms with van der Waals surface area (Å²) in [5, 5.41) is 9.38. The molecule has 0 heterocycles. The zero-order valence-corrected chi connectivity index (χ0v) is 13.4.